The van der Waals surface area contributed by atoms with Gasteiger partial charge in [0.05, 0.1) is 18.9 Å². The van der Waals surface area contributed by atoms with Crippen molar-refractivity contribution in [3.8, 4) is 0 Å². The third-order valence-corrected chi connectivity index (χ3v) is 3.99. The molecule has 1 aliphatic heterocycles. The van der Waals surface area contributed by atoms with Crippen molar-refractivity contribution >= 4 is 0 Å². The lowest BCUT2D eigenvalue weighted by Crippen LogP contribution is -2.41. The molecule has 108 valence electrons. The highest BCUT2D eigenvalue weighted by molar-refractivity contribution is 5.07. The van der Waals surface area contributed by atoms with Gasteiger partial charge in [0.15, 0.2) is 0 Å². The molecule has 0 bridgehead atoms. The fourth-order valence-electron chi connectivity index (χ4n) is 2.91. The molecule has 2 heterocycles. The van der Waals surface area contributed by atoms with E-state index in [0.717, 1.165) is 31.9 Å². The number of ether oxygens (including phenoxy) is 1. The Morgan fingerprint density at radius 3 is 2.95 bits per heavy atom. The van der Waals surface area contributed by atoms with E-state index >= 15 is 0 Å². The number of nitrogens with zero attached hydrogens (tertiary/aromatic N) is 1. The first-order valence-corrected chi connectivity index (χ1v) is 7.29. The Balaban J connectivity index is 2.00. The molecule has 0 amide bonds. The summed E-state index contributed by atoms with van der Waals surface area (Å²) < 4.78 is 11.1. The molecule has 3 atom stereocenters. The third-order valence-electron chi connectivity index (χ3n) is 3.99. The molecular formula is C15H26N2O2. The van der Waals surface area contributed by atoms with Gasteiger partial charge in [0.1, 0.15) is 5.76 Å². The summed E-state index contributed by atoms with van der Waals surface area (Å²) >= 11 is 0. The van der Waals surface area contributed by atoms with E-state index in [1.165, 1.54) is 12.8 Å². The zero-order valence-electron chi connectivity index (χ0n) is 12.0. The van der Waals surface area contributed by atoms with E-state index in [1.807, 2.05) is 12.1 Å². The summed E-state index contributed by atoms with van der Waals surface area (Å²) in [5.41, 5.74) is 6.28. The lowest BCUT2D eigenvalue weighted by Gasteiger charge is -2.34. The standard InChI is InChI=1S/C15H26N2O2/c1-3-13(16)15(14-7-5-9-19-14)17(2)10-12-6-4-8-18-11-12/h5,7,9,12-13,15H,3-4,6,8,10-11,16H2,1-2H3. The summed E-state index contributed by atoms with van der Waals surface area (Å²) in [5, 5.41) is 0. The Hall–Kier alpha value is -0.840. The summed E-state index contributed by atoms with van der Waals surface area (Å²) in [6, 6.07) is 4.21. The Bertz CT molecular complexity index is 347. The molecule has 0 saturated carbocycles. The van der Waals surface area contributed by atoms with E-state index in [4.69, 9.17) is 14.9 Å². The van der Waals surface area contributed by atoms with Crippen LogP contribution in [-0.2, 0) is 4.74 Å². The maximum absolute atomic E-state index is 6.28. The predicted molar refractivity (Wildman–Crippen MR) is 75.9 cm³/mol. The highest BCUT2D eigenvalue weighted by atomic mass is 16.5. The van der Waals surface area contributed by atoms with Gasteiger partial charge in [-0.2, -0.15) is 0 Å². The van der Waals surface area contributed by atoms with E-state index in [2.05, 4.69) is 18.9 Å². The fraction of sp³-hybridized carbons (Fsp3) is 0.733. The van der Waals surface area contributed by atoms with E-state index in [9.17, 15) is 0 Å². The zero-order chi connectivity index (χ0) is 13.7. The van der Waals surface area contributed by atoms with Gasteiger partial charge in [0.25, 0.3) is 0 Å². The van der Waals surface area contributed by atoms with E-state index in [1.54, 1.807) is 6.26 Å². The van der Waals surface area contributed by atoms with Crippen LogP contribution < -0.4 is 5.73 Å². The maximum Gasteiger partial charge on any atom is 0.122 e. The molecule has 2 rings (SSSR count). The minimum atomic E-state index is 0.0978. The first kappa shape index (κ1) is 14.6. The van der Waals surface area contributed by atoms with Crippen LogP contribution in [0.4, 0.5) is 0 Å². The Morgan fingerprint density at radius 2 is 2.37 bits per heavy atom. The molecule has 0 spiro atoms. The van der Waals surface area contributed by atoms with Crippen molar-refractivity contribution in [2.24, 2.45) is 11.7 Å². The van der Waals surface area contributed by atoms with Crippen molar-refractivity contribution in [2.45, 2.75) is 38.3 Å². The monoisotopic (exact) mass is 266 g/mol. The minimum Gasteiger partial charge on any atom is -0.468 e. The smallest absolute Gasteiger partial charge is 0.122 e. The first-order chi connectivity index (χ1) is 9.22. The average molecular weight is 266 g/mol. The SMILES string of the molecule is CCC(N)C(c1ccco1)N(C)CC1CCCOC1. The Kier molecular flexibility index (Phi) is 5.43. The van der Waals surface area contributed by atoms with Gasteiger partial charge in [-0.25, -0.2) is 0 Å². The van der Waals surface area contributed by atoms with Crippen molar-refractivity contribution in [1.82, 2.24) is 4.90 Å². The summed E-state index contributed by atoms with van der Waals surface area (Å²) in [7, 11) is 2.14. The van der Waals surface area contributed by atoms with Gasteiger partial charge in [-0.05, 0) is 44.4 Å². The molecule has 1 aromatic heterocycles. The van der Waals surface area contributed by atoms with Crippen molar-refractivity contribution in [1.29, 1.82) is 0 Å². The fourth-order valence-corrected chi connectivity index (χ4v) is 2.91. The molecule has 0 aliphatic carbocycles. The molecule has 1 aromatic rings. The quantitative estimate of drug-likeness (QED) is 0.859. The van der Waals surface area contributed by atoms with Crippen LogP contribution in [0.5, 0.6) is 0 Å². The molecule has 1 fully saturated rings. The zero-order valence-corrected chi connectivity index (χ0v) is 12.0. The molecule has 1 aliphatic rings. The van der Waals surface area contributed by atoms with E-state index < -0.39 is 0 Å². The van der Waals surface area contributed by atoms with Crippen molar-refractivity contribution in [3.63, 3.8) is 0 Å². The van der Waals surface area contributed by atoms with Gasteiger partial charge in [-0.15, -0.1) is 0 Å². The minimum absolute atomic E-state index is 0.0978. The number of rotatable bonds is 6. The van der Waals surface area contributed by atoms with Crippen molar-refractivity contribution < 1.29 is 9.15 Å². The third kappa shape index (κ3) is 3.81. The predicted octanol–water partition coefficient (Wildman–Crippen LogP) is 2.42. The number of hydrogen-bond acceptors (Lipinski definition) is 4. The molecule has 0 radical (unpaired) electrons. The largest absolute Gasteiger partial charge is 0.468 e. The van der Waals surface area contributed by atoms with Crippen LogP contribution in [0.15, 0.2) is 22.8 Å². The van der Waals surface area contributed by atoms with Gasteiger partial charge in [0.2, 0.25) is 0 Å². The summed E-state index contributed by atoms with van der Waals surface area (Å²) in [5.74, 6) is 1.58. The van der Waals surface area contributed by atoms with Crippen LogP contribution in [0.25, 0.3) is 0 Å². The van der Waals surface area contributed by atoms with E-state index in [-0.39, 0.29) is 12.1 Å². The second kappa shape index (κ2) is 7.08. The Labute approximate surface area is 115 Å². The highest BCUT2D eigenvalue weighted by Gasteiger charge is 2.27. The van der Waals surface area contributed by atoms with Gasteiger partial charge in [-0.3, -0.25) is 4.90 Å². The number of furan rings is 1. The van der Waals surface area contributed by atoms with Crippen LogP contribution in [-0.4, -0.2) is 37.7 Å². The van der Waals surface area contributed by atoms with Crippen molar-refractivity contribution in [2.75, 3.05) is 26.8 Å². The van der Waals surface area contributed by atoms with Crippen LogP contribution in [0.1, 0.15) is 38.0 Å². The molecular weight excluding hydrogens is 240 g/mol. The summed E-state index contributed by atoms with van der Waals surface area (Å²) in [6.45, 7) is 4.92. The van der Waals surface area contributed by atoms with Gasteiger partial charge >= 0.3 is 0 Å². The molecule has 3 unspecified atom stereocenters. The average Bonchev–Trinajstić information content (AvgIpc) is 2.93. The first-order valence-electron chi connectivity index (χ1n) is 7.29. The summed E-state index contributed by atoms with van der Waals surface area (Å²) in [4.78, 5) is 2.33. The second-order valence-corrected chi connectivity index (χ2v) is 5.56. The van der Waals surface area contributed by atoms with E-state index in [0.29, 0.717) is 5.92 Å². The van der Waals surface area contributed by atoms with Gasteiger partial charge in [-0.1, -0.05) is 6.92 Å². The van der Waals surface area contributed by atoms with Crippen molar-refractivity contribution in [3.05, 3.63) is 24.2 Å². The van der Waals surface area contributed by atoms with Crippen LogP contribution in [0.2, 0.25) is 0 Å². The van der Waals surface area contributed by atoms with Gasteiger partial charge < -0.3 is 14.9 Å². The molecule has 4 nitrogen and oxygen atoms in total. The lowest BCUT2D eigenvalue weighted by molar-refractivity contribution is 0.0318. The number of hydrogen-bond donors (Lipinski definition) is 1. The molecule has 19 heavy (non-hydrogen) atoms. The molecule has 0 aromatic carbocycles. The van der Waals surface area contributed by atoms with Crippen LogP contribution in [0.3, 0.4) is 0 Å². The number of nitrogens with two attached hydrogens (primary N) is 1. The topological polar surface area (TPSA) is 51.6 Å². The molecule has 2 N–H and O–H groups in total. The Morgan fingerprint density at radius 1 is 1.53 bits per heavy atom. The van der Waals surface area contributed by atoms with Crippen LogP contribution >= 0.6 is 0 Å². The number of likely N-dealkylation sites (N-methyl/N-ethyl adjacent to an activating group) is 1. The van der Waals surface area contributed by atoms with Crippen LogP contribution in [0, 0.1) is 5.92 Å². The second-order valence-electron chi connectivity index (χ2n) is 5.56. The normalized spacial score (nSPS) is 23.5. The lowest BCUT2D eigenvalue weighted by atomic mass is 9.98. The summed E-state index contributed by atoms with van der Waals surface area (Å²) in [6.07, 6.45) is 5.08. The molecule has 4 heteroatoms. The maximum atomic E-state index is 6.28. The molecule has 1 saturated heterocycles. The highest BCUT2D eigenvalue weighted by Crippen LogP contribution is 2.26. The van der Waals surface area contributed by atoms with Gasteiger partial charge in [0, 0.05) is 19.2 Å².